The Labute approximate surface area is 318 Å². The number of aliphatic imine (C=N–C) groups is 2. The fourth-order valence-electron chi connectivity index (χ4n) is 3.10. The van der Waals surface area contributed by atoms with Crippen LogP contribution in [-0.4, -0.2) is 84.9 Å². The molecule has 0 aromatic rings. The molecule has 9 nitrogen and oxygen atoms in total. The van der Waals surface area contributed by atoms with Crippen LogP contribution >= 0.6 is 23.5 Å². The van der Waals surface area contributed by atoms with Crippen molar-refractivity contribution < 1.29 is 86.4 Å². The van der Waals surface area contributed by atoms with Crippen LogP contribution in [0.4, 0.5) is 0 Å². The maximum Gasteiger partial charge on any atom is 1.00 e. The third-order valence-corrected chi connectivity index (χ3v) is 8.85. The van der Waals surface area contributed by atoms with Crippen LogP contribution < -0.4 is 46.1 Å². The second kappa shape index (κ2) is 32.6. The summed E-state index contributed by atoms with van der Waals surface area (Å²) in [6.07, 6.45) is 5.75. The Bertz CT molecular complexity index is 764. The predicted molar refractivity (Wildman–Crippen MR) is 176 cm³/mol. The van der Waals surface area contributed by atoms with Gasteiger partial charge in [-0.25, -0.2) is 0 Å². The van der Waals surface area contributed by atoms with E-state index in [-0.39, 0.29) is 85.7 Å². The van der Waals surface area contributed by atoms with E-state index >= 15 is 0 Å². The number of ether oxygens (including phenoxy) is 2. The zero-order chi connectivity index (χ0) is 31.7. The van der Waals surface area contributed by atoms with Gasteiger partial charge in [-0.05, 0) is 71.8 Å². The third-order valence-electron chi connectivity index (χ3n) is 6.13. The molecule has 0 saturated carbocycles. The molecule has 13 heteroatoms. The summed E-state index contributed by atoms with van der Waals surface area (Å²) < 4.78 is 10.9. The molecular formula is C30H58N4NaO5S2Y-. The number of hydrogen-bond donors (Lipinski definition) is 2. The Morgan fingerprint density at radius 2 is 1.33 bits per heavy atom. The molecule has 1 radical (unpaired) electrons. The number of nitrogens with zero attached hydrogens (tertiary/aromatic N) is 2. The Balaban J connectivity index is -0.000000338. The van der Waals surface area contributed by atoms with Gasteiger partial charge in [0.05, 0.1) is 23.9 Å². The summed E-state index contributed by atoms with van der Waals surface area (Å²) >= 11 is 3.39. The van der Waals surface area contributed by atoms with Crippen molar-refractivity contribution in [2.24, 2.45) is 26.9 Å². The molecule has 0 aromatic heterocycles. The third kappa shape index (κ3) is 33.8. The van der Waals surface area contributed by atoms with Gasteiger partial charge >= 0.3 is 29.6 Å². The number of Topliss-reactive ketones (excluding diaryl/α,β-unsaturated/α-hetero) is 1. The molecule has 0 saturated heterocycles. The fourth-order valence-corrected chi connectivity index (χ4v) is 5.22. The second-order valence-electron chi connectivity index (χ2n) is 10.7. The number of carboxylic acid groups (broad SMARTS) is 1. The second-order valence-corrected chi connectivity index (χ2v) is 12.9. The standard InChI is InChI=1S/C16H32N2O2S.C14H27N2O3S.Na.Y/c1-6-20-13(2)9-10-18-15(17)8-7-11-21-12-16(4,5)14(3)19;1-4-19-12(3)7-8-16-13(15)6-5-9-20-10-11(2)14(17)18;;/h13H,6-12H2,1-5H3,(H2,17,18);12H,4-10H2,1-3H3,(H2,15,16)(H,17,18);;/q;-1;+1;/p-1. The normalized spacial score (nSPS) is 13.1. The van der Waals surface area contributed by atoms with Gasteiger partial charge in [0.1, 0.15) is 5.78 Å². The van der Waals surface area contributed by atoms with Gasteiger partial charge in [-0.15, -0.1) is 5.75 Å². The number of amidine groups is 2. The quantitative estimate of drug-likeness (QED) is 0.0493. The molecule has 0 aliphatic carbocycles. The molecule has 2 unspecified atom stereocenters. The molecule has 0 spiro atoms. The van der Waals surface area contributed by atoms with Crippen LogP contribution in [0.5, 0.6) is 0 Å². The van der Waals surface area contributed by atoms with Gasteiger partial charge in [0.2, 0.25) is 0 Å². The van der Waals surface area contributed by atoms with Gasteiger partial charge in [-0.1, -0.05) is 19.8 Å². The molecule has 0 bridgehead atoms. The Morgan fingerprint density at radius 1 is 0.907 bits per heavy atom. The summed E-state index contributed by atoms with van der Waals surface area (Å²) in [5.41, 5.74) is 11.5. The molecule has 0 aromatic carbocycles. The maximum absolute atomic E-state index is 11.4. The number of carbonyl (C=O) groups is 2. The van der Waals surface area contributed by atoms with Crippen LogP contribution in [0.2, 0.25) is 0 Å². The maximum atomic E-state index is 11.4. The SMILES string of the molecule is CCOC(C)CCN=C(N)CCCSCC(C)(C)C(C)=O.CCOC(C)CCN=C(N)CCCSC[C-](C)C(=O)[O-].[Na+].[Y]. The molecule has 0 rings (SSSR count). The summed E-state index contributed by atoms with van der Waals surface area (Å²) in [7, 11) is 0. The van der Waals surface area contributed by atoms with Crippen molar-refractivity contribution in [3.63, 3.8) is 0 Å². The van der Waals surface area contributed by atoms with Crippen molar-refractivity contribution in [2.75, 3.05) is 49.3 Å². The minimum absolute atomic E-state index is 0. The first-order valence-electron chi connectivity index (χ1n) is 14.8. The first kappa shape index (κ1) is 50.5. The number of thioether (sulfide) groups is 2. The largest absolute Gasteiger partial charge is 1.00 e. The van der Waals surface area contributed by atoms with Crippen LogP contribution in [0, 0.1) is 11.3 Å². The van der Waals surface area contributed by atoms with E-state index in [1.165, 1.54) is 0 Å². The van der Waals surface area contributed by atoms with Crippen LogP contribution in [0.1, 0.15) is 93.9 Å². The van der Waals surface area contributed by atoms with Crippen molar-refractivity contribution in [1.82, 2.24) is 0 Å². The minimum Gasteiger partial charge on any atom is -0.584 e. The molecule has 43 heavy (non-hydrogen) atoms. The van der Waals surface area contributed by atoms with Crippen LogP contribution in [-0.2, 0) is 51.8 Å². The number of carbonyl (C=O) groups excluding carboxylic acids is 2. The van der Waals surface area contributed by atoms with Crippen molar-refractivity contribution in [1.29, 1.82) is 0 Å². The van der Waals surface area contributed by atoms with Crippen molar-refractivity contribution >= 4 is 46.9 Å². The minimum atomic E-state index is -1.07. The summed E-state index contributed by atoms with van der Waals surface area (Å²) in [6.45, 7) is 18.2. The van der Waals surface area contributed by atoms with E-state index in [1.807, 2.05) is 46.4 Å². The fraction of sp³-hybridized carbons (Fsp3) is 0.833. The van der Waals surface area contributed by atoms with Gasteiger partial charge in [-0.3, -0.25) is 14.8 Å². The summed E-state index contributed by atoms with van der Waals surface area (Å²) in [5.74, 6) is 4.21. The number of carboxylic acids is 1. The molecule has 0 heterocycles. The average molecular weight is 731 g/mol. The summed E-state index contributed by atoms with van der Waals surface area (Å²) in [4.78, 5) is 30.5. The van der Waals surface area contributed by atoms with E-state index in [4.69, 9.17) is 20.9 Å². The van der Waals surface area contributed by atoms with Gasteiger partial charge in [-0.2, -0.15) is 30.4 Å². The molecule has 4 N–H and O–H groups in total. The van der Waals surface area contributed by atoms with Crippen molar-refractivity contribution in [3.05, 3.63) is 5.92 Å². The summed E-state index contributed by atoms with van der Waals surface area (Å²) in [5, 5.41) is 10.5. The van der Waals surface area contributed by atoms with Crippen LogP contribution in [0.25, 0.3) is 0 Å². The van der Waals surface area contributed by atoms with Gasteiger partial charge in [0.15, 0.2) is 0 Å². The zero-order valence-electron chi connectivity index (χ0n) is 28.5. The molecule has 0 fully saturated rings. The Morgan fingerprint density at radius 3 is 1.70 bits per heavy atom. The summed E-state index contributed by atoms with van der Waals surface area (Å²) in [6, 6.07) is 0. The smallest absolute Gasteiger partial charge is 0.584 e. The topological polar surface area (TPSA) is 152 Å². The molecule has 0 aliphatic heterocycles. The molecule has 245 valence electrons. The first-order chi connectivity index (χ1) is 19.3. The van der Waals surface area contributed by atoms with Crippen molar-refractivity contribution in [2.45, 2.75) is 106 Å². The molecular weight excluding hydrogens is 672 g/mol. The van der Waals surface area contributed by atoms with E-state index in [2.05, 4.69) is 16.9 Å². The number of hydrogen-bond acceptors (Lipinski definition) is 9. The monoisotopic (exact) mass is 730 g/mol. The predicted octanol–water partition coefficient (Wildman–Crippen LogP) is 1.31. The van der Waals surface area contributed by atoms with Gasteiger partial charge in [0, 0.05) is 83.0 Å². The van der Waals surface area contributed by atoms with E-state index < -0.39 is 5.97 Å². The number of rotatable bonds is 24. The van der Waals surface area contributed by atoms with E-state index in [0.717, 1.165) is 81.4 Å². The van der Waals surface area contributed by atoms with Gasteiger partial charge < -0.3 is 36.8 Å². The zero-order valence-corrected chi connectivity index (χ0v) is 35.0. The van der Waals surface area contributed by atoms with E-state index in [9.17, 15) is 14.7 Å². The van der Waals surface area contributed by atoms with E-state index in [1.54, 1.807) is 25.6 Å². The Kier molecular flexibility index (Phi) is 38.3. The van der Waals surface area contributed by atoms with Crippen LogP contribution in [0.15, 0.2) is 9.98 Å². The molecule has 0 amide bonds. The van der Waals surface area contributed by atoms with Crippen molar-refractivity contribution in [3.8, 4) is 0 Å². The van der Waals surface area contributed by atoms with Gasteiger partial charge in [0.25, 0.3) is 0 Å². The first-order valence-corrected chi connectivity index (χ1v) is 17.1. The van der Waals surface area contributed by atoms with E-state index in [0.29, 0.717) is 24.1 Å². The number of aliphatic carboxylic acids is 1. The molecule has 2 atom stereocenters. The number of ketones is 1. The number of nitrogens with two attached hydrogens (primary N) is 2. The van der Waals surface area contributed by atoms with Crippen LogP contribution in [0.3, 0.4) is 0 Å². The Hall–Kier alpha value is 0.674. The molecule has 0 aliphatic rings. The average Bonchev–Trinajstić information content (AvgIpc) is 2.88.